The fraction of sp³-hybridized carbons (Fsp3) is 0.111. The third-order valence-electron chi connectivity index (χ3n) is 1.88. The first kappa shape index (κ1) is 8.80. The molecule has 0 unspecified atom stereocenters. The lowest BCUT2D eigenvalue weighted by Crippen LogP contribution is -1.93. The van der Waals surface area contributed by atoms with Crippen LogP contribution >= 0.6 is 0 Å². The Kier molecular flexibility index (Phi) is 1.99. The lowest BCUT2D eigenvalue weighted by molar-refractivity contribution is 0.563. The molecule has 0 bridgehead atoms. The molecule has 0 saturated heterocycles. The van der Waals surface area contributed by atoms with Crippen LogP contribution in [-0.2, 0) is 0 Å². The van der Waals surface area contributed by atoms with Crippen LogP contribution in [0.3, 0.4) is 0 Å². The molecule has 2 rings (SSSR count). The highest BCUT2D eigenvalue weighted by Crippen LogP contribution is 2.21. The maximum atomic E-state index is 13.2. The van der Waals surface area contributed by atoms with Crippen LogP contribution in [0.15, 0.2) is 18.3 Å². The number of aromatic amines is 1. The van der Waals surface area contributed by atoms with Crippen LogP contribution in [0.25, 0.3) is 11.4 Å². The maximum Gasteiger partial charge on any atom is 0.213 e. The first-order valence-corrected chi connectivity index (χ1v) is 4.01. The Balaban J connectivity index is 2.62. The SMILES string of the molecule is Cc1cn[nH]c1-c1nc(F)ccc1F. The van der Waals surface area contributed by atoms with Gasteiger partial charge in [0.25, 0.3) is 0 Å². The Labute approximate surface area is 78.8 Å². The van der Waals surface area contributed by atoms with E-state index < -0.39 is 11.8 Å². The number of H-pyrrole nitrogens is 1. The van der Waals surface area contributed by atoms with Crippen molar-refractivity contribution in [2.24, 2.45) is 0 Å². The summed E-state index contributed by atoms with van der Waals surface area (Å²) in [5.41, 5.74) is 1.09. The van der Waals surface area contributed by atoms with Crippen LogP contribution in [-0.4, -0.2) is 15.2 Å². The van der Waals surface area contributed by atoms with Crippen LogP contribution in [0.1, 0.15) is 5.56 Å². The van der Waals surface area contributed by atoms with Crippen molar-refractivity contribution in [1.29, 1.82) is 0 Å². The minimum absolute atomic E-state index is 0.0417. The molecular weight excluding hydrogens is 188 g/mol. The summed E-state index contributed by atoms with van der Waals surface area (Å²) in [6.07, 6.45) is 1.53. The van der Waals surface area contributed by atoms with Gasteiger partial charge in [-0.15, -0.1) is 0 Å². The third kappa shape index (κ3) is 1.37. The van der Waals surface area contributed by atoms with E-state index in [2.05, 4.69) is 15.2 Å². The number of rotatable bonds is 1. The molecule has 0 aliphatic heterocycles. The lowest BCUT2D eigenvalue weighted by atomic mass is 10.2. The number of aryl methyl sites for hydroxylation is 1. The minimum atomic E-state index is -0.713. The van der Waals surface area contributed by atoms with Gasteiger partial charge in [-0.1, -0.05) is 0 Å². The van der Waals surface area contributed by atoms with Gasteiger partial charge in [0, 0.05) is 0 Å². The Morgan fingerprint density at radius 3 is 2.71 bits per heavy atom. The van der Waals surface area contributed by atoms with Gasteiger partial charge in [-0.3, -0.25) is 5.10 Å². The number of hydrogen-bond acceptors (Lipinski definition) is 2. The summed E-state index contributed by atoms with van der Waals surface area (Å²) in [4.78, 5) is 3.46. The topological polar surface area (TPSA) is 41.6 Å². The normalized spacial score (nSPS) is 10.5. The molecule has 0 atom stereocenters. The largest absolute Gasteiger partial charge is 0.276 e. The van der Waals surface area contributed by atoms with E-state index >= 15 is 0 Å². The van der Waals surface area contributed by atoms with Gasteiger partial charge in [0.1, 0.15) is 5.69 Å². The van der Waals surface area contributed by atoms with E-state index in [1.165, 1.54) is 6.20 Å². The van der Waals surface area contributed by atoms with E-state index in [-0.39, 0.29) is 5.69 Å². The minimum Gasteiger partial charge on any atom is -0.276 e. The molecule has 0 fully saturated rings. The fourth-order valence-corrected chi connectivity index (χ4v) is 1.18. The highest BCUT2D eigenvalue weighted by atomic mass is 19.1. The molecule has 2 heterocycles. The Morgan fingerprint density at radius 2 is 2.07 bits per heavy atom. The molecule has 3 nitrogen and oxygen atoms in total. The van der Waals surface area contributed by atoms with E-state index in [4.69, 9.17) is 0 Å². The predicted molar refractivity (Wildman–Crippen MR) is 46.5 cm³/mol. The number of nitrogens with one attached hydrogen (secondary N) is 1. The second kappa shape index (κ2) is 3.17. The van der Waals surface area contributed by atoms with Gasteiger partial charge in [-0.25, -0.2) is 9.37 Å². The second-order valence-corrected chi connectivity index (χ2v) is 2.89. The lowest BCUT2D eigenvalue weighted by Gasteiger charge is -2.00. The van der Waals surface area contributed by atoms with Crippen LogP contribution in [0, 0.1) is 18.7 Å². The molecular formula is C9H7F2N3. The molecule has 1 N–H and O–H groups in total. The number of halogens is 2. The van der Waals surface area contributed by atoms with Gasteiger partial charge in [-0.2, -0.15) is 9.49 Å². The van der Waals surface area contributed by atoms with Crippen LogP contribution in [0.2, 0.25) is 0 Å². The van der Waals surface area contributed by atoms with Gasteiger partial charge < -0.3 is 0 Å². The summed E-state index contributed by atoms with van der Waals surface area (Å²) in [7, 11) is 0. The van der Waals surface area contributed by atoms with E-state index in [1.807, 2.05) is 0 Å². The smallest absolute Gasteiger partial charge is 0.213 e. The standard InChI is InChI=1S/C9H7F2N3/c1-5-4-12-14-8(5)9-6(10)2-3-7(11)13-9/h2-4H,1H3,(H,12,14). The molecule has 0 aliphatic carbocycles. The maximum absolute atomic E-state index is 13.2. The van der Waals surface area contributed by atoms with Crippen molar-refractivity contribution in [2.45, 2.75) is 6.92 Å². The Morgan fingerprint density at radius 1 is 1.29 bits per heavy atom. The van der Waals surface area contributed by atoms with E-state index in [0.29, 0.717) is 5.69 Å². The molecule has 0 spiro atoms. The predicted octanol–water partition coefficient (Wildman–Crippen LogP) is 2.06. The molecule has 2 aromatic heterocycles. The number of nitrogens with zero attached hydrogens (tertiary/aromatic N) is 2. The summed E-state index contributed by atoms with van der Waals surface area (Å²) in [6, 6.07) is 2.02. The van der Waals surface area contributed by atoms with Crippen molar-refractivity contribution in [3.05, 3.63) is 35.7 Å². The molecule has 0 saturated carbocycles. The number of aromatic nitrogens is 3. The van der Waals surface area contributed by atoms with Crippen LogP contribution in [0.4, 0.5) is 8.78 Å². The quantitative estimate of drug-likeness (QED) is 0.707. The zero-order valence-electron chi connectivity index (χ0n) is 7.38. The Hall–Kier alpha value is -1.78. The van der Waals surface area contributed by atoms with Crippen molar-refractivity contribution in [3.8, 4) is 11.4 Å². The van der Waals surface area contributed by atoms with Gasteiger partial charge in [-0.05, 0) is 24.6 Å². The molecule has 72 valence electrons. The van der Waals surface area contributed by atoms with E-state index in [0.717, 1.165) is 17.7 Å². The zero-order valence-corrected chi connectivity index (χ0v) is 7.38. The van der Waals surface area contributed by atoms with E-state index in [9.17, 15) is 8.78 Å². The summed E-state index contributed by atoms with van der Waals surface area (Å²) >= 11 is 0. The highest BCUT2D eigenvalue weighted by molar-refractivity contribution is 5.58. The van der Waals surface area contributed by atoms with Gasteiger partial charge in [0.05, 0.1) is 11.9 Å². The number of hydrogen-bond donors (Lipinski definition) is 1. The molecule has 2 aromatic rings. The molecule has 0 aliphatic rings. The van der Waals surface area contributed by atoms with Crippen molar-refractivity contribution in [2.75, 3.05) is 0 Å². The summed E-state index contributed by atoms with van der Waals surface area (Å²) in [5, 5.41) is 6.29. The average molecular weight is 195 g/mol. The Bertz CT molecular complexity index is 465. The van der Waals surface area contributed by atoms with Crippen molar-refractivity contribution < 1.29 is 8.78 Å². The summed E-state index contributed by atoms with van der Waals surface area (Å²) < 4.78 is 26.0. The van der Waals surface area contributed by atoms with Gasteiger partial charge >= 0.3 is 0 Å². The molecule has 0 radical (unpaired) electrons. The molecule has 5 heteroatoms. The van der Waals surface area contributed by atoms with Crippen molar-refractivity contribution >= 4 is 0 Å². The zero-order chi connectivity index (χ0) is 10.1. The summed E-state index contributed by atoms with van der Waals surface area (Å²) in [6.45, 7) is 1.74. The van der Waals surface area contributed by atoms with Crippen LogP contribution < -0.4 is 0 Å². The van der Waals surface area contributed by atoms with E-state index in [1.54, 1.807) is 6.92 Å². The molecule has 0 amide bonds. The van der Waals surface area contributed by atoms with Crippen molar-refractivity contribution in [1.82, 2.24) is 15.2 Å². The molecule has 14 heavy (non-hydrogen) atoms. The summed E-state index contributed by atoms with van der Waals surface area (Å²) in [5.74, 6) is -1.28. The third-order valence-corrected chi connectivity index (χ3v) is 1.88. The molecule has 0 aromatic carbocycles. The van der Waals surface area contributed by atoms with Crippen molar-refractivity contribution in [3.63, 3.8) is 0 Å². The highest BCUT2D eigenvalue weighted by Gasteiger charge is 2.11. The average Bonchev–Trinajstić information content (AvgIpc) is 2.56. The monoisotopic (exact) mass is 195 g/mol. The second-order valence-electron chi connectivity index (χ2n) is 2.89. The van der Waals surface area contributed by atoms with Gasteiger partial charge in [0.15, 0.2) is 5.82 Å². The fourth-order valence-electron chi connectivity index (χ4n) is 1.18. The first-order valence-electron chi connectivity index (χ1n) is 4.01. The van der Waals surface area contributed by atoms with Crippen LogP contribution in [0.5, 0.6) is 0 Å². The van der Waals surface area contributed by atoms with Gasteiger partial charge in [0.2, 0.25) is 5.95 Å². The first-order chi connectivity index (χ1) is 6.68. The number of pyridine rings is 1.